The first-order chi connectivity index (χ1) is 14.0. The summed E-state index contributed by atoms with van der Waals surface area (Å²) in [7, 11) is 1.66. The Morgan fingerprint density at radius 2 is 1.66 bits per heavy atom. The Morgan fingerprint density at radius 3 is 2.34 bits per heavy atom. The molecule has 8 heteroatoms. The largest absolute Gasteiger partial charge is 0.395 e. The fraction of sp³-hybridized carbons (Fsp3) is 0.429. The quantitative estimate of drug-likeness (QED) is 0.265. The van der Waals surface area contributed by atoms with E-state index in [4.69, 9.17) is 5.11 Å². The van der Waals surface area contributed by atoms with Crippen LogP contribution < -0.4 is 10.6 Å². The Morgan fingerprint density at radius 1 is 0.966 bits per heavy atom. The van der Waals surface area contributed by atoms with Gasteiger partial charge in [0, 0.05) is 43.7 Å². The molecule has 2 rings (SSSR count). The highest BCUT2D eigenvalue weighted by atomic mass is 16.3. The summed E-state index contributed by atoms with van der Waals surface area (Å²) >= 11 is 0. The van der Waals surface area contributed by atoms with Gasteiger partial charge < -0.3 is 20.6 Å². The molecule has 1 aliphatic rings. The van der Waals surface area contributed by atoms with E-state index in [0.29, 0.717) is 12.2 Å². The van der Waals surface area contributed by atoms with Gasteiger partial charge in [0.25, 0.3) is 0 Å². The number of allylic oxidation sites excluding steroid dienone is 2. The number of likely N-dealkylation sites (N-methyl/N-ethyl adjacent to an activating group) is 1. The van der Waals surface area contributed by atoms with Crippen molar-refractivity contribution in [1.82, 2.24) is 4.90 Å². The number of ketones is 2. The summed E-state index contributed by atoms with van der Waals surface area (Å²) in [5.41, 5.74) is 2.18. The Balaban J connectivity index is 1.82. The number of anilines is 2. The summed E-state index contributed by atoms with van der Waals surface area (Å²) < 4.78 is 0. The standard InChI is InChI=1S/C21H28N4O4/c1-25(12-13-26)19-15-20(27)18(14-21(19)28)24-17-8-6-16(7-9-17)22-10-4-2-3-5-11-23-29/h6-9,14-15,22,24,26H,2-5,10-13H2,1H3. The van der Waals surface area contributed by atoms with Gasteiger partial charge in [-0.05, 0) is 37.1 Å². The second kappa shape index (κ2) is 11.8. The maximum Gasteiger partial charge on any atom is 0.204 e. The molecule has 0 amide bonds. The lowest BCUT2D eigenvalue weighted by Crippen LogP contribution is -2.30. The van der Waals surface area contributed by atoms with Crippen LogP contribution in [0.15, 0.2) is 53.0 Å². The van der Waals surface area contributed by atoms with E-state index in [-0.39, 0.29) is 36.1 Å². The number of benzene rings is 1. The Hall–Kier alpha value is -3.00. The lowest BCUT2D eigenvalue weighted by Gasteiger charge is -2.22. The van der Waals surface area contributed by atoms with E-state index in [2.05, 4.69) is 15.8 Å². The van der Waals surface area contributed by atoms with Crippen molar-refractivity contribution in [3.8, 4) is 0 Å². The van der Waals surface area contributed by atoms with E-state index in [1.54, 1.807) is 11.9 Å². The highest BCUT2D eigenvalue weighted by Crippen LogP contribution is 2.19. The summed E-state index contributed by atoms with van der Waals surface area (Å²) in [4.78, 5) is 36.1. The predicted molar refractivity (Wildman–Crippen MR) is 114 cm³/mol. The molecule has 3 N–H and O–H groups in total. The van der Waals surface area contributed by atoms with Crippen molar-refractivity contribution >= 4 is 22.9 Å². The topological polar surface area (TPSA) is 111 Å². The number of carbonyl (C=O) groups is 2. The smallest absolute Gasteiger partial charge is 0.204 e. The number of hydrogen-bond donors (Lipinski definition) is 3. The van der Waals surface area contributed by atoms with Crippen LogP contribution in [0.5, 0.6) is 0 Å². The zero-order chi connectivity index (χ0) is 21.1. The molecule has 0 aliphatic heterocycles. The van der Waals surface area contributed by atoms with Gasteiger partial charge in [0.15, 0.2) is 0 Å². The van der Waals surface area contributed by atoms with E-state index in [1.165, 1.54) is 12.2 Å². The summed E-state index contributed by atoms with van der Waals surface area (Å²) in [6.07, 6.45) is 6.50. The van der Waals surface area contributed by atoms with Gasteiger partial charge in [-0.2, -0.15) is 4.91 Å². The second-order valence-electron chi connectivity index (χ2n) is 6.86. The minimum absolute atomic E-state index is 0.0951. The lowest BCUT2D eigenvalue weighted by molar-refractivity contribution is -0.116. The number of aliphatic hydroxyl groups is 1. The third kappa shape index (κ3) is 7.15. The zero-order valence-corrected chi connectivity index (χ0v) is 16.7. The monoisotopic (exact) mass is 400 g/mol. The minimum atomic E-state index is -0.281. The molecule has 0 unspecified atom stereocenters. The molecule has 0 saturated heterocycles. The van der Waals surface area contributed by atoms with Crippen LogP contribution in [0.3, 0.4) is 0 Å². The molecule has 0 saturated carbocycles. The van der Waals surface area contributed by atoms with Crippen LogP contribution in [0.4, 0.5) is 11.4 Å². The molecule has 1 aromatic carbocycles. The van der Waals surface area contributed by atoms with Crippen LogP contribution in [0.2, 0.25) is 0 Å². The normalized spacial score (nSPS) is 13.6. The first-order valence-corrected chi connectivity index (χ1v) is 9.79. The number of rotatable bonds is 13. The van der Waals surface area contributed by atoms with Crippen LogP contribution in [0.25, 0.3) is 0 Å². The first-order valence-electron chi connectivity index (χ1n) is 9.79. The van der Waals surface area contributed by atoms with Crippen LogP contribution >= 0.6 is 0 Å². The van der Waals surface area contributed by atoms with Crippen molar-refractivity contribution in [2.75, 3.05) is 43.9 Å². The molecule has 0 aromatic heterocycles. The number of nitrogens with zero attached hydrogens (tertiary/aromatic N) is 2. The molecule has 0 radical (unpaired) electrons. The number of aliphatic hydroxyl groups excluding tert-OH is 1. The fourth-order valence-corrected chi connectivity index (χ4v) is 2.93. The molecule has 0 heterocycles. The van der Waals surface area contributed by atoms with Crippen LogP contribution in [-0.4, -0.2) is 54.9 Å². The van der Waals surface area contributed by atoms with Crippen LogP contribution in [0.1, 0.15) is 25.7 Å². The van der Waals surface area contributed by atoms with E-state index in [9.17, 15) is 14.5 Å². The van der Waals surface area contributed by atoms with Crippen LogP contribution in [0, 0.1) is 4.91 Å². The van der Waals surface area contributed by atoms with Crippen molar-refractivity contribution in [3.05, 3.63) is 52.7 Å². The molecular formula is C21H28N4O4. The maximum atomic E-state index is 12.3. The summed E-state index contributed by atoms with van der Waals surface area (Å²) in [6.45, 7) is 1.42. The first kappa shape index (κ1) is 22.3. The summed E-state index contributed by atoms with van der Waals surface area (Å²) in [6, 6.07) is 7.50. The molecule has 156 valence electrons. The number of hydrogen-bond acceptors (Lipinski definition) is 8. The fourth-order valence-electron chi connectivity index (χ4n) is 2.93. The van der Waals surface area contributed by atoms with Gasteiger partial charge in [0.05, 0.1) is 24.5 Å². The molecule has 1 aliphatic carbocycles. The molecule has 1 aromatic rings. The molecule has 29 heavy (non-hydrogen) atoms. The molecular weight excluding hydrogens is 372 g/mol. The SMILES string of the molecule is CN(CCO)C1=CC(=O)C(Nc2ccc(NCCCCCCN=O)cc2)=CC1=O. The third-order valence-electron chi connectivity index (χ3n) is 4.58. The summed E-state index contributed by atoms with van der Waals surface area (Å²) in [5, 5.41) is 18.2. The van der Waals surface area contributed by atoms with Gasteiger partial charge in [0.1, 0.15) is 0 Å². The van der Waals surface area contributed by atoms with Gasteiger partial charge in [-0.25, -0.2) is 0 Å². The maximum absolute atomic E-state index is 12.3. The van der Waals surface area contributed by atoms with Crippen molar-refractivity contribution in [3.63, 3.8) is 0 Å². The molecule has 0 bridgehead atoms. The zero-order valence-electron chi connectivity index (χ0n) is 16.7. The highest BCUT2D eigenvalue weighted by molar-refractivity contribution is 6.20. The average molecular weight is 400 g/mol. The van der Waals surface area contributed by atoms with Crippen molar-refractivity contribution in [2.45, 2.75) is 25.7 Å². The van der Waals surface area contributed by atoms with Crippen molar-refractivity contribution in [1.29, 1.82) is 0 Å². The number of nitrogens with one attached hydrogen (secondary N) is 2. The van der Waals surface area contributed by atoms with Gasteiger partial charge >= 0.3 is 0 Å². The number of unbranched alkanes of at least 4 members (excludes halogenated alkanes) is 3. The van der Waals surface area contributed by atoms with Crippen molar-refractivity contribution in [2.24, 2.45) is 5.18 Å². The minimum Gasteiger partial charge on any atom is -0.395 e. The van der Waals surface area contributed by atoms with E-state index < -0.39 is 0 Å². The third-order valence-corrected chi connectivity index (χ3v) is 4.58. The molecule has 0 spiro atoms. The van der Waals surface area contributed by atoms with E-state index >= 15 is 0 Å². The number of carbonyl (C=O) groups excluding carboxylic acids is 2. The summed E-state index contributed by atoms with van der Waals surface area (Å²) in [5.74, 6) is -0.554. The predicted octanol–water partition coefficient (Wildman–Crippen LogP) is 2.68. The average Bonchev–Trinajstić information content (AvgIpc) is 2.71. The van der Waals surface area contributed by atoms with Gasteiger partial charge in [-0.3, -0.25) is 9.59 Å². The van der Waals surface area contributed by atoms with Crippen molar-refractivity contribution < 1.29 is 14.7 Å². The van der Waals surface area contributed by atoms with Gasteiger partial charge in [-0.15, -0.1) is 0 Å². The molecule has 8 nitrogen and oxygen atoms in total. The second-order valence-corrected chi connectivity index (χ2v) is 6.86. The number of nitroso groups, excluding NO2 is 1. The Bertz CT molecular complexity index is 771. The van der Waals surface area contributed by atoms with Gasteiger partial charge in [0.2, 0.25) is 11.6 Å². The highest BCUT2D eigenvalue weighted by Gasteiger charge is 2.22. The van der Waals surface area contributed by atoms with Crippen LogP contribution in [-0.2, 0) is 9.59 Å². The Labute approximate surface area is 170 Å². The Kier molecular flexibility index (Phi) is 9.04. The lowest BCUT2D eigenvalue weighted by atomic mass is 10.1. The van der Waals surface area contributed by atoms with E-state index in [1.807, 2.05) is 24.3 Å². The van der Waals surface area contributed by atoms with E-state index in [0.717, 1.165) is 37.9 Å². The molecule has 0 fully saturated rings. The molecule has 0 atom stereocenters. The van der Waals surface area contributed by atoms with Gasteiger partial charge in [-0.1, -0.05) is 18.0 Å².